The van der Waals surface area contributed by atoms with E-state index in [1.807, 2.05) is 51.1 Å². The van der Waals surface area contributed by atoms with E-state index in [1.54, 1.807) is 7.11 Å². The van der Waals surface area contributed by atoms with Crippen LogP contribution >= 0.6 is 11.6 Å². The van der Waals surface area contributed by atoms with Crippen molar-refractivity contribution >= 4 is 23.1 Å². The van der Waals surface area contributed by atoms with Crippen LogP contribution in [-0.4, -0.2) is 49.5 Å². The Balaban J connectivity index is 0.000000289. The second-order valence-electron chi connectivity index (χ2n) is 7.03. The molecule has 0 saturated carbocycles. The number of methoxy groups -OCH3 is 1. The van der Waals surface area contributed by atoms with Crippen LogP contribution < -0.4 is 10.6 Å². The molecule has 2 rings (SSSR count). The van der Waals surface area contributed by atoms with Crippen molar-refractivity contribution in [1.29, 1.82) is 0 Å². The number of alkyl carbamates (subject to hydrolysis) is 1. The summed E-state index contributed by atoms with van der Waals surface area (Å²) in [7, 11) is 1.65. The van der Waals surface area contributed by atoms with Gasteiger partial charge < -0.3 is 24.8 Å². The van der Waals surface area contributed by atoms with E-state index in [0.29, 0.717) is 0 Å². The SMILES string of the molecule is CO[C@@H]1CNCC[C@H]1NC(=O)OC(C)(C)C.O=C(Cl)OCc1ccccc1. The second kappa shape index (κ2) is 11.8. The number of amides is 1. The third-order valence-corrected chi connectivity index (χ3v) is 3.74. The zero-order valence-corrected chi connectivity index (χ0v) is 17.0. The normalized spacial score (nSPS) is 19.3. The third kappa shape index (κ3) is 10.8. The lowest BCUT2D eigenvalue weighted by Gasteiger charge is -2.32. The number of halogens is 1. The van der Waals surface area contributed by atoms with Crippen LogP contribution in [-0.2, 0) is 20.8 Å². The molecule has 8 heteroatoms. The molecule has 0 aromatic heterocycles. The molecule has 7 nitrogen and oxygen atoms in total. The Labute approximate surface area is 165 Å². The third-order valence-electron chi connectivity index (χ3n) is 3.63. The summed E-state index contributed by atoms with van der Waals surface area (Å²) >= 11 is 4.97. The van der Waals surface area contributed by atoms with Crippen LogP contribution in [0.4, 0.5) is 9.59 Å². The minimum Gasteiger partial charge on any atom is -0.449 e. The molecule has 1 aromatic carbocycles. The fourth-order valence-electron chi connectivity index (χ4n) is 2.42. The summed E-state index contributed by atoms with van der Waals surface area (Å²) in [6.45, 7) is 7.44. The van der Waals surface area contributed by atoms with Gasteiger partial charge in [0.2, 0.25) is 0 Å². The summed E-state index contributed by atoms with van der Waals surface area (Å²) in [5.74, 6) is 0. The standard InChI is InChI=1S/C11H22N2O3.C8H7ClO2/c1-11(2,3)16-10(14)13-8-5-6-12-7-9(8)15-4;9-8(10)11-6-7-4-2-1-3-5-7/h8-9,12H,5-7H2,1-4H3,(H,13,14);1-5H,6H2/t8-,9-;/m1./s1. The van der Waals surface area contributed by atoms with E-state index in [9.17, 15) is 9.59 Å². The van der Waals surface area contributed by atoms with Gasteiger partial charge in [-0.25, -0.2) is 9.59 Å². The molecule has 2 atom stereocenters. The van der Waals surface area contributed by atoms with E-state index in [0.717, 1.165) is 25.1 Å². The molecule has 0 unspecified atom stereocenters. The van der Waals surface area contributed by atoms with Crippen LogP contribution in [0.25, 0.3) is 0 Å². The number of rotatable bonds is 4. The van der Waals surface area contributed by atoms with Crippen molar-refractivity contribution in [2.75, 3.05) is 20.2 Å². The predicted molar refractivity (Wildman–Crippen MR) is 104 cm³/mol. The van der Waals surface area contributed by atoms with Crippen molar-refractivity contribution in [3.63, 3.8) is 0 Å². The molecule has 1 fully saturated rings. The first-order valence-corrected chi connectivity index (χ1v) is 9.18. The number of carbonyl (C=O) groups excluding carboxylic acids is 2. The van der Waals surface area contributed by atoms with Crippen molar-refractivity contribution in [3.05, 3.63) is 35.9 Å². The van der Waals surface area contributed by atoms with Crippen molar-refractivity contribution in [2.45, 2.75) is 51.5 Å². The fourth-order valence-corrected chi connectivity index (χ4v) is 2.47. The average molecular weight is 401 g/mol. The second-order valence-corrected chi connectivity index (χ2v) is 7.34. The van der Waals surface area contributed by atoms with Gasteiger partial charge in [0.05, 0.1) is 12.1 Å². The smallest absolute Gasteiger partial charge is 0.407 e. The highest BCUT2D eigenvalue weighted by Crippen LogP contribution is 2.10. The Morgan fingerprint density at radius 3 is 2.48 bits per heavy atom. The number of benzene rings is 1. The van der Waals surface area contributed by atoms with Gasteiger partial charge in [-0.1, -0.05) is 30.3 Å². The summed E-state index contributed by atoms with van der Waals surface area (Å²) < 4.78 is 15.1. The highest BCUT2D eigenvalue weighted by Gasteiger charge is 2.27. The van der Waals surface area contributed by atoms with Gasteiger partial charge in [0, 0.05) is 25.3 Å². The van der Waals surface area contributed by atoms with Gasteiger partial charge in [-0.05, 0) is 39.3 Å². The number of nitrogens with one attached hydrogen (secondary N) is 2. The topological polar surface area (TPSA) is 85.9 Å². The van der Waals surface area contributed by atoms with Gasteiger partial charge in [0.1, 0.15) is 12.2 Å². The Kier molecular flexibility index (Phi) is 10.1. The van der Waals surface area contributed by atoms with Crippen LogP contribution in [0.3, 0.4) is 0 Å². The summed E-state index contributed by atoms with van der Waals surface area (Å²) in [5, 5.41) is 6.07. The molecule has 0 aliphatic carbocycles. The molecule has 27 heavy (non-hydrogen) atoms. The molecule has 1 aliphatic rings. The number of carbonyl (C=O) groups is 2. The molecule has 2 N–H and O–H groups in total. The number of piperidine rings is 1. The Morgan fingerprint density at radius 2 is 1.93 bits per heavy atom. The largest absolute Gasteiger partial charge is 0.449 e. The zero-order valence-electron chi connectivity index (χ0n) is 16.3. The highest BCUT2D eigenvalue weighted by atomic mass is 35.5. The first kappa shape index (κ1) is 23.2. The maximum Gasteiger partial charge on any atom is 0.407 e. The molecular formula is C19H29ClN2O5. The number of hydrogen-bond donors (Lipinski definition) is 2. The Bertz CT molecular complexity index is 577. The van der Waals surface area contributed by atoms with E-state index in [-0.39, 0.29) is 24.8 Å². The van der Waals surface area contributed by atoms with Gasteiger partial charge in [-0.3, -0.25) is 0 Å². The molecule has 0 radical (unpaired) electrons. The number of ether oxygens (including phenoxy) is 3. The van der Waals surface area contributed by atoms with E-state index >= 15 is 0 Å². The first-order chi connectivity index (χ1) is 12.7. The molecule has 152 valence electrons. The molecular weight excluding hydrogens is 372 g/mol. The molecule has 1 aliphatic heterocycles. The zero-order chi connectivity index (χ0) is 20.3. The predicted octanol–water partition coefficient (Wildman–Crippen LogP) is 3.45. The Hall–Kier alpha value is -1.83. The summed E-state index contributed by atoms with van der Waals surface area (Å²) in [5.41, 5.74) is -0.296. The van der Waals surface area contributed by atoms with Gasteiger partial charge >= 0.3 is 11.5 Å². The molecule has 1 heterocycles. The van der Waals surface area contributed by atoms with Crippen molar-refractivity contribution in [1.82, 2.24) is 10.6 Å². The fraction of sp³-hybridized carbons (Fsp3) is 0.579. The van der Waals surface area contributed by atoms with Crippen LogP contribution in [0.5, 0.6) is 0 Å². The van der Waals surface area contributed by atoms with Gasteiger partial charge in [0.15, 0.2) is 0 Å². The van der Waals surface area contributed by atoms with Crippen LogP contribution in [0.15, 0.2) is 30.3 Å². The van der Waals surface area contributed by atoms with Crippen LogP contribution in [0.2, 0.25) is 0 Å². The van der Waals surface area contributed by atoms with Crippen molar-refractivity contribution in [3.8, 4) is 0 Å². The van der Waals surface area contributed by atoms with E-state index in [4.69, 9.17) is 21.1 Å². The quantitative estimate of drug-likeness (QED) is 0.753. The van der Waals surface area contributed by atoms with E-state index < -0.39 is 11.0 Å². The van der Waals surface area contributed by atoms with Gasteiger partial charge in [-0.2, -0.15) is 0 Å². The Morgan fingerprint density at radius 1 is 1.26 bits per heavy atom. The molecule has 1 saturated heterocycles. The maximum atomic E-state index is 11.6. The van der Waals surface area contributed by atoms with Gasteiger partial charge in [-0.15, -0.1) is 0 Å². The lowest BCUT2D eigenvalue weighted by molar-refractivity contribution is 0.0263. The van der Waals surface area contributed by atoms with Crippen molar-refractivity contribution in [2.24, 2.45) is 0 Å². The molecule has 0 bridgehead atoms. The first-order valence-electron chi connectivity index (χ1n) is 8.80. The van der Waals surface area contributed by atoms with Crippen molar-refractivity contribution < 1.29 is 23.8 Å². The lowest BCUT2D eigenvalue weighted by atomic mass is 10.0. The van der Waals surface area contributed by atoms with E-state index in [1.165, 1.54) is 0 Å². The summed E-state index contributed by atoms with van der Waals surface area (Å²) in [6.07, 6.45) is 0.500. The average Bonchev–Trinajstić information content (AvgIpc) is 2.60. The monoisotopic (exact) mass is 400 g/mol. The molecule has 1 amide bonds. The highest BCUT2D eigenvalue weighted by molar-refractivity contribution is 6.61. The van der Waals surface area contributed by atoms with E-state index in [2.05, 4.69) is 15.4 Å². The lowest BCUT2D eigenvalue weighted by Crippen LogP contribution is -2.54. The summed E-state index contributed by atoms with van der Waals surface area (Å²) in [4.78, 5) is 21.7. The minimum absolute atomic E-state index is 0.0151. The molecule has 1 aromatic rings. The molecule has 0 spiro atoms. The van der Waals surface area contributed by atoms with Gasteiger partial charge in [0.25, 0.3) is 0 Å². The minimum atomic E-state index is -0.770. The van der Waals surface area contributed by atoms with Crippen LogP contribution in [0, 0.1) is 0 Å². The summed E-state index contributed by atoms with van der Waals surface area (Å²) in [6, 6.07) is 9.39. The maximum absolute atomic E-state index is 11.6. The van der Waals surface area contributed by atoms with Crippen LogP contribution in [0.1, 0.15) is 32.8 Å². The number of hydrogen-bond acceptors (Lipinski definition) is 6.